The third-order valence-corrected chi connectivity index (χ3v) is 7.89. The maximum Gasteiger partial charge on any atom is 0.0972 e. The lowest BCUT2D eigenvalue weighted by Crippen LogP contribution is -1.92. The number of pyridine rings is 2. The number of benzene rings is 6. The van der Waals surface area contributed by atoms with Crippen LogP contribution in [0.4, 0.5) is 0 Å². The van der Waals surface area contributed by atoms with Crippen LogP contribution in [-0.4, -0.2) is 9.97 Å². The van der Waals surface area contributed by atoms with Crippen molar-refractivity contribution in [2.45, 2.75) is 0 Å². The Morgan fingerprint density at radius 1 is 0.400 bits per heavy atom. The fourth-order valence-corrected chi connectivity index (χ4v) is 5.99. The Morgan fingerprint density at radius 2 is 0.975 bits per heavy atom. The quantitative estimate of drug-likeness (QED) is 0.175. The lowest BCUT2D eigenvalue weighted by molar-refractivity contribution is 1.29. The van der Waals surface area contributed by atoms with E-state index in [2.05, 4.69) is 133 Å². The fourth-order valence-electron chi connectivity index (χ4n) is 5.99. The highest BCUT2D eigenvalue weighted by Crippen LogP contribution is 2.38. The third-order valence-electron chi connectivity index (χ3n) is 7.89. The molecule has 0 saturated carbocycles. The Labute approximate surface area is 232 Å². The smallest absolute Gasteiger partial charge is 0.0972 e. The monoisotopic (exact) mass is 508 g/mol. The van der Waals surface area contributed by atoms with Crippen LogP contribution in [0, 0.1) is 0 Å². The molecule has 0 amide bonds. The van der Waals surface area contributed by atoms with Crippen molar-refractivity contribution < 1.29 is 0 Å². The largest absolute Gasteiger partial charge is 0.255 e. The predicted octanol–water partition coefficient (Wildman–Crippen LogP) is 10.1. The normalized spacial score (nSPS) is 11.5. The van der Waals surface area contributed by atoms with Gasteiger partial charge in [-0.15, -0.1) is 0 Å². The molecule has 0 radical (unpaired) electrons. The van der Waals surface area contributed by atoms with Crippen molar-refractivity contribution in [2.75, 3.05) is 0 Å². The average molecular weight is 509 g/mol. The number of hydrogen-bond donors (Lipinski definition) is 0. The molecule has 186 valence electrons. The molecule has 0 unspecified atom stereocenters. The first-order valence-corrected chi connectivity index (χ1v) is 13.6. The minimum atomic E-state index is 0.878. The first-order valence-electron chi connectivity index (χ1n) is 13.6. The molecule has 2 heteroatoms. The molecule has 0 fully saturated rings. The van der Waals surface area contributed by atoms with Crippen molar-refractivity contribution in [1.82, 2.24) is 9.97 Å². The van der Waals surface area contributed by atoms with Crippen molar-refractivity contribution in [1.29, 1.82) is 0 Å². The maximum absolute atomic E-state index is 5.06. The van der Waals surface area contributed by atoms with E-state index >= 15 is 0 Å². The maximum atomic E-state index is 5.06. The van der Waals surface area contributed by atoms with Crippen molar-refractivity contribution >= 4 is 43.2 Å². The Morgan fingerprint density at radius 3 is 1.70 bits per heavy atom. The van der Waals surface area contributed by atoms with Crippen molar-refractivity contribution in [2.24, 2.45) is 0 Å². The molecule has 0 aliphatic rings. The van der Waals surface area contributed by atoms with Gasteiger partial charge in [0.15, 0.2) is 0 Å². The molecule has 0 aliphatic carbocycles. The Kier molecular flexibility index (Phi) is 5.17. The predicted molar refractivity (Wildman–Crippen MR) is 168 cm³/mol. The summed E-state index contributed by atoms with van der Waals surface area (Å²) in [7, 11) is 0. The van der Waals surface area contributed by atoms with Gasteiger partial charge in [0, 0.05) is 17.0 Å². The minimum absolute atomic E-state index is 0.878. The van der Waals surface area contributed by atoms with E-state index in [9.17, 15) is 0 Å². The summed E-state index contributed by atoms with van der Waals surface area (Å²) >= 11 is 0. The van der Waals surface area contributed by atoms with Crippen LogP contribution in [0.3, 0.4) is 0 Å². The zero-order valence-electron chi connectivity index (χ0n) is 21.8. The average Bonchev–Trinajstić information content (AvgIpc) is 3.03. The van der Waals surface area contributed by atoms with Crippen LogP contribution >= 0.6 is 0 Å². The summed E-state index contributed by atoms with van der Waals surface area (Å²) in [5, 5.41) is 8.53. The standard InChI is InChI=1S/C38H24N2/c1-3-11-30-28(9-1)23-29-10-2-4-12-31(29)37(30)26-19-17-25(18-20-26)27-21-22-39-36(24-27)38-34-15-6-5-13-32(34)33-14-7-8-16-35(33)40-38/h1-24H. The van der Waals surface area contributed by atoms with Gasteiger partial charge in [-0.2, -0.15) is 0 Å². The molecule has 8 aromatic rings. The Balaban J connectivity index is 1.25. The number of rotatable bonds is 3. The van der Waals surface area contributed by atoms with Gasteiger partial charge in [-0.25, -0.2) is 4.98 Å². The zero-order chi connectivity index (χ0) is 26.5. The highest BCUT2D eigenvalue weighted by molar-refractivity contribution is 6.13. The third kappa shape index (κ3) is 3.65. The van der Waals surface area contributed by atoms with Gasteiger partial charge in [0.1, 0.15) is 0 Å². The number of hydrogen-bond acceptors (Lipinski definition) is 2. The molecule has 2 aromatic heterocycles. The molecule has 2 heterocycles. The molecule has 0 saturated heterocycles. The van der Waals surface area contributed by atoms with Crippen molar-refractivity contribution in [3.05, 3.63) is 146 Å². The van der Waals surface area contributed by atoms with E-state index in [4.69, 9.17) is 9.97 Å². The molecule has 0 spiro atoms. The van der Waals surface area contributed by atoms with Crippen LogP contribution in [0.5, 0.6) is 0 Å². The summed E-state index contributed by atoms with van der Waals surface area (Å²) in [5.74, 6) is 0. The van der Waals surface area contributed by atoms with Crippen LogP contribution in [0.2, 0.25) is 0 Å². The topological polar surface area (TPSA) is 25.8 Å². The van der Waals surface area contributed by atoms with Gasteiger partial charge in [-0.3, -0.25) is 4.98 Å². The van der Waals surface area contributed by atoms with Crippen molar-refractivity contribution in [3.63, 3.8) is 0 Å². The second-order valence-electron chi connectivity index (χ2n) is 10.2. The number of aromatic nitrogens is 2. The van der Waals surface area contributed by atoms with Crippen LogP contribution in [-0.2, 0) is 0 Å². The van der Waals surface area contributed by atoms with Crippen LogP contribution < -0.4 is 0 Å². The fraction of sp³-hybridized carbons (Fsp3) is 0. The summed E-state index contributed by atoms with van der Waals surface area (Å²) in [6, 6.07) is 49.5. The van der Waals surface area contributed by atoms with Crippen LogP contribution in [0.25, 0.3) is 76.9 Å². The SMILES string of the molecule is c1ccc2c(-c3ccc(-c4ccnc(-c5nc6ccccc6c6ccccc56)c4)cc3)c3ccccc3cc2c1. The van der Waals surface area contributed by atoms with E-state index in [1.165, 1.54) is 38.1 Å². The van der Waals surface area contributed by atoms with Gasteiger partial charge in [-0.05, 0) is 73.5 Å². The van der Waals surface area contributed by atoms with Gasteiger partial charge in [-0.1, -0.05) is 115 Å². The van der Waals surface area contributed by atoms with Crippen molar-refractivity contribution in [3.8, 4) is 33.6 Å². The summed E-state index contributed by atoms with van der Waals surface area (Å²) in [5.41, 5.74) is 7.55. The summed E-state index contributed by atoms with van der Waals surface area (Å²) < 4.78 is 0. The highest BCUT2D eigenvalue weighted by Gasteiger charge is 2.13. The van der Waals surface area contributed by atoms with E-state index in [0.717, 1.165) is 38.8 Å². The van der Waals surface area contributed by atoms with Gasteiger partial charge in [0.05, 0.1) is 16.9 Å². The van der Waals surface area contributed by atoms with E-state index < -0.39 is 0 Å². The van der Waals surface area contributed by atoms with Crippen LogP contribution in [0.1, 0.15) is 0 Å². The molecular weight excluding hydrogens is 484 g/mol. The lowest BCUT2D eigenvalue weighted by Gasteiger charge is -2.13. The molecule has 6 aromatic carbocycles. The van der Waals surface area contributed by atoms with E-state index in [0.29, 0.717) is 0 Å². The van der Waals surface area contributed by atoms with Gasteiger partial charge in [0.25, 0.3) is 0 Å². The lowest BCUT2D eigenvalue weighted by atomic mass is 9.91. The zero-order valence-corrected chi connectivity index (χ0v) is 21.8. The highest BCUT2D eigenvalue weighted by atomic mass is 14.8. The number of para-hydroxylation sites is 1. The molecule has 0 atom stereocenters. The molecule has 0 N–H and O–H groups in total. The summed E-state index contributed by atoms with van der Waals surface area (Å²) in [6.45, 7) is 0. The molecular formula is C38H24N2. The molecule has 40 heavy (non-hydrogen) atoms. The first-order chi connectivity index (χ1) is 19.8. The van der Waals surface area contributed by atoms with Gasteiger partial charge in [0.2, 0.25) is 0 Å². The molecule has 0 aliphatic heterocycles. The number of nitrogens with zero attached hydrogens (tertiary/aromatic N) is 2. The summed E-state index contributed by atoms with van der Waals surface area (Å²) in [6.07, 6.45) is 1.89. The first kappa shape index (κ1) is 22.6. The molecule has 8 rings (SSSR count). The Hall–Kier alpha value is -5.34. The Bertz CT molecular complexity index is 2160. The molecule has 0 bridgehead atoms. The number of fused-ring (bicyclic) bond motifs is 5. The second-order valence-corrected chi connectivity index (χ2v) is 10.2. The van der Waals surface area contributed by atoms with Gasteiger partial charge < -0.3 is 0 Å². The summed E-state index contributed by atoms with van der Waals surface area (Å²) in [4.78, 5) is 9.82. The van der Waals surface area contributed by atoms with E-state index in [-0.39, 0.29) is 0 Å². The minimum Gasteiger partial charge on any atom is -0.255 e. The van der Waals surface area contributed by atoms with Crippen LogP contribution in [0.15, 0.2) is 146 Å². The second kappa shape index (κ2) is 9.14. The molecule has 2 nitrogen and oxygen atoms in total. The van der Waals surface area contributed by atoms with Gasteiger partial charge >= 0.3 is 0 Å². The van der Waals surface area contributed by atoms with E-state index in [1.54, 1.807) is 0 Å². The van der Waals surface area contributed by atoms with E-state index in [1.807, 2.05) is 12.3 Å².